The van der Waals surface area contributed by atoms with Crippen molar-refractivity contribution >= 4 is 38.9 Å². The van der Waals surface area contributed by atoms with Gasteiger partial charge in [-0.2, -0.15) is 0 Å². The first-order chi connectivity index (χ1) is 12.1. The van der Waals surface area contributed by atoms with E-state index in [1.165, 1.54) is 24.3 Å². The van der Waals surface area contributed by atoms with Gasteiger partial charge in [-0.3, -0.25) is 9.52 Å². The number of carbonyl (C=O) groups is 1. The van der Waals surface area contributed by atoms with E-state index in [-0.39, 0.29) is 16.8 Å². The topological polar surface area (TPSA) is 84.5 Å². The highest BCUT2D eigenvalue weighted by Crippen LogP contribution is 2.20. The van der Waals surface area contributed by atoms with Crippen molar-refractivity contribution in [3.8, 4) is 5.75 Å². The lowest BCUT2D eigenvalue weighted by Crippen LogP contribution is -2.27. The highest BCUT2D eigenvalue weighted by molar-refractivity contribution is 7.93. The second kappa shape index (κ2) is 8.37. The van der Waals surface area contributed by atoms with Gasteiger partial charge in [-0.05, 0) is 56.3 Å². The van der Waals surface area contributed by atoms with Gasteiger partial charge in [0.25, 0.3) is 0 Å². The zero-order valence-electron chi connectivity index (χ0n) is 14.1. The van der Waals surface area contributed by atoms with E-state index in [4.69, 9.17) is 16.3 Å². The number of ether oxygens (including phenoxy) is 1. The maximum Gasteiger partial charge on any atom is 0.241 e. The molecule has 0 bridgehead atoms. The maximum atomic E-state index is 13.3. The van der Waals surface area contributed by atoms with Gasteiger partial charge in [-0.15, -0.1) is 0 Å². The Morgan fingerprint density at radius 1 is 1.15 bits per heavy atom. The lowest BCUT2D eigenvalue weighted by atomic mass is 10.3. The Hall–Kier alpha value is -2.32. The summed E-state index contributed by atoms with van der Waals surface area (Å²) in [5.41, 5.74) is 0.411. The number of carbonyl (C=O) groups excluding carboxylic acids is 1. The molecule has 0 radical (unpaired) electrons. The summed E-state index contributed by atoms with van der Waals surface area (Å²) in [4.78, 5) is 11.9. The summed E-state index contributed by atoms with van der Waals surface area (Å²) in [6.07, 6.45) is -0.000979. The van der Waals surface area contributed by atoms with Crippen LogP contribution in [0.1, 0.15) is 13.8 Å². The van der Waals surface area contributed by atoms with Gasteiger partial charge >= 0.3 is 0 Å². The van der Waals surface area contributed by atoms with E-state index < -0.39 is 27.5 Å². The molecule has 0 spiro atoms. The number of benzene rings is 2. The summed E-state index contributed by atoms with van der Waals surface area (Å²) in [6.45, 7) is 3.75. The van der Waals surface area contributed by atoms with Gasteiger partial charge in [0.05, 0.1) is 11.1 Å². The molecule has 0 aliphatic heterocycles. The van der Waals surface area contributed by atoms with E-state index in [0.29, 0.717) is 11.4 Å². The molecular weight excluding hydrogens is 383 g/mol. The van der Waals surface area contributed by atoms with Crippen LogP contribution < -0.4 is 14.8 Å². The number of anilines is 2. The molecule has 0 aliphatic carbocycles. The molecule has 0 atom stereocenters. The zero-order valence-corrected chi connectivity index (χ0v) is 15.7. The van der Waals surface area contributed by atoms with Crippen molar-refractivity contribution in [2.24, 2.45) is 0 Å². The highest BCUT2D eigenvalue weighted by atomic mass is 35.5. The molecule has 0 heterocycles. The fourth-order valence-corrected chi connectivity index (χ4v) is 3.14. The van der Waals surface area contributed by atoms with Crippen molar-refractivity contribution in [2.75, 3.05) is 15.8 Å². The van der Waals surface area contributed by atoms with Crippen LogP contribution in [0.15, 0.2) is 42.5 Å². The summed E-state index contributed by atoms with van der Waals surface area (Å²) in [5, 5.41) is 2.21. The van der Waals surface area contributed by atoms with Gasteiger partial charge in [0.1, 0.15) is 17.3 Å². The molecule has 0 unspecified atom stereocenters. The Balaban J connectivity index is 1.96. The number of amides is 1. The average Bonchev–Trinajstić information content (AvgIpc) is 2.51. The van der Waals surface area contributed by atoms with Crippen LogP contribution in [-0.4, -0.2) is 26.2 Å². The fraction of sp³-hybridized carbons (Fsp3) is 0.235. The van der Waals surface area contributed by atoms with Crippen molar-refractivity contribution in [1.82, 2.24) is 0 Å². The summed E-state index contributed by atoms with van der Waals surface area (Å²) < 4.78 is 45.3. The van der Waals surface area contributed by atoms with Crippen LogP contribution in [0.2, 0.25) is 5.02 Å². The zero-order chi connectivity index (χ0) is 19.3. The van der Waals surface area contributed by atoms with Gasteiger partial charge < -0.3 is 10.1 Å². The molecule has 140 valence electrons. The summed E-state index contributed by atoms with van der Waals surface area (Å²) >= 11 is 5.55. The number of halogens is 2. The minimum atomic E-state index is -3.93. The Labute approximate surface area is 156 Å². The number of rotatable bonds is 7. The first-order valence-electron chi connectivity index (χ1n) is 7.67. The monoisotopic (exact) mass is 400 g/mol. The molecule has 0 fully saturated rings. The van der Waals surface area contributed by atoms with E-state index in [2.05, 4.69) is 10.0 Å². The molecular formula is C17H18ClFN2O4S. The molecule has 1 amide bonds. The molecule has 26 heavy (non-hydrogen) atoms. The Morgan fingerprint density at radius 3 is 2.35 bits per heavy atom. The molecule has 0 saturated heterocycles. The van der Waals surface area contributed by atoms with Gasteiger partial charge in [-0.1, -0.05) is 11.6 Å². The summed E-state index contributed by atoms with van der Waals surface area (Å²) in [5.74, 6) is -1.74. The number of sulfonamides is 1. The van der Waals surface area contributed by atoms with Crippen LogP contribution in [0.3, 0.4) is 0 Å². The van der Waals surface area contributed by atoms with Crippen molar-refractivity contribution in [2.45, 2.75) is 20.0 Å². The third-order valence-corrected chi connectivity index (χ3v) is 4.52. The van der Waals surface area contributed by atoms with E-state index in [1.54, 1.807) is 12.1 Å². The van der Waals surface area contributed by atoms with Gasteiger partial charge in [0.2, 0.25) is 15.9 Å². The molecule has 2 aromatic carbocycles. The van der Waals surface area contributed by atoms with Crippen LogP contribution in [0, 0.1) is 5.82 Å². The third kappa shape index (κ3) is 6.20. The molecule has 2 rings (SSSR count). The smallest absolute Gasteiger partial charge is 0.241 e. The second-order valence-electron chi connectivity index (χ2n) is 5.73. The lowest BCUT2D eigenvalue weighted by Gasteiger charge is -2.11. The minimum absolute atomic E-state index is 0.000979. The Bertz CT molecular complexity index is 886. The molecule has 0 saturated carbocycles. The van der Waals surface area contributed by atoms with Crippen molar-refractivity contribution in [3.63, 3.8) is 0 Å². The largest absolute Gasteiger partial charge is 0.491 e. The number of hydrogen-bond acceptors (Lipinski definition) is 4. The van der Waals surface area contributed by atoms with E-state index in [1.807, 2.05) is 13.8 Å². The maximum absolute atomic E-state index is 13.3. The second-order valence-corrected chi connectivity index (χ2v) is 7.86. The number of nitrogens with one attached hydrogen (secondary N) is 2. The fourth-order valence-electron chi connectivity index (χ4n) is 2.03. The van der Waals surface area contributed by atoms with E-state index in [0.717, 1.165) is 6.07 Å². The van der Waals surface area contributed by atoms with Gasteiger partial charge in [0, 0.05) is 11.4 Å². The van der Waals surface area contributed by atoms with E-state index in [9.17, 15) is 17.6 Å². The van der Waals surface area contributed by atoms with Crippen LogP contribution in [0.25, 0.3) is 0 Å². The average molecular weight is 401 g/mol. The van der Waals surface area contributed by atoms with Crippen molar-refractivity contribution in [1.29, 1.82) is 0 Å². The summed E-state index contributed by atoms with van der Waals surface area (Å²) in [6, 6.07) is 9.94. The Kier molecular flexibility index (Phi) is 6.44. The normalized spacial score (nSPS) is 11.3. The standard InChI is InChI=1S/C17H18ClFN2O4S/c1-11(2)25-14-6-3-12(4-7-14)21-26(23,24)10-17(22)20-13-5-8-15(18)16(19)9-13/h3-9,11,21H,10H2,1-2H3,(H,20,22). The molecule has 2 aromatic rings. The minimum Gasteiger partial charge on any atom is -0.491 e. The van der Waals surface area contributed by atoms with Crippen LogP contribution in [-0.2, 0) is 14.8 Å². The van der Waals surface area contributed by atoms with Crippen molar-refractivity contribution in [3.05, 3.63) is 53.3 Å². The van der Waals surface area contributed by atoms with Crippen LogP contribution in [0.4, 0.5) is 15.8 Å². The first kappa shape index (κ1) is 20.0. The number of hydrogen-bond donors (Lipinski definition) is 2. The molecule has 0 aromatic heterocycles. The molecule has 2 N–H and O–H groups in total. The van der Waals surface area contributed by atoms with Gasteiger partial charge in [-0.25, -0.2) is 12.8 Å². The molecule has 6 nitrogen and oxygen atoms in total. The van der Waals surface area contributed by atoms with E-state index >= 15 is 0 Å². The van der Waals surface area contributed by atoms with Crippen molar-refractivity contribution < 1.29 is 22.3 Å². The SMILES string of the molecule is CC(C)Oc1ccc(NS(=O)(=O)CC(=O)Nc2ccc(Cl)c(F)c2)cc1. The van der Waals surface area contributed by atoms with Crippen LogP contribution in [0.5, 0.6) is 5.75 Å². The lowest BCUT2D eigenvalue weighted by molar-refractivity contribution is -0.113. The predicted molar refractivity (Wildman–Crippen MR) is 99.7 cm³/mol. The van der Waals surface area contributed by atoms with Gasteiger partial charge in [0.15, 0.2) is 0 Å². The quantitative estimate of drug-likeness (QED) is 0.743. The highest BCUT2D eigenvalue weighted by Gasteiger charge is 2.17. The van der Waals surface area contributed by atoms with Crippen LogP contribution >= 0.6 is 11.6 Å². The molecule has 9 heteroatoms. The molecule has 0 aliphatic rings. The Morgan fingerprint density at radius 2 is 1.77 bits per heavy atom. The predicted octanol–water partition coefficient (Wildman–Crippen LogP) is 3.65. The third-order valence-electron chi connectivity index (χ3n) is 3.02. The first-order valence-corrected chi connectivity index (χ1v) is 9.70. The summed E-state index contributed by atoms with van der Waals surface area (Å²) in [7, 11) is -3.93.